The number of pyridine rings is 1. The number of aromatic nitrogens is 1. The highest BCUT2D eigenvalue weighted by Gasteiger charge is 2.07. The lowest BCUT2D eigenvalue weighted by molar-refractivity contribution is 0.0600. The SMILES string of the molecule is COC(=O)c1ccnc(-c2ccc(N)cc2)c1. The summed E-state index contributed by atoms with van der Waals surface area (Å²) in [4.78, 5) is 15.6. The third-order valence-corrected chi connectivity index (χ3v) is 2.39. The number of esters is 1. The van der Waals surface area contributed by atoms with Crippen LogP contribution in [0.1, 0.15) is 10.4 Å². The Balaban J connectivity index is 2.39. The predicted molar refractivity (Wildman–Crippen MR) is 65.4 cm³/mol. The third-order valence-electron chi connectivity index (χ3n) is 2.39. The van der Waals surface area contributed by atoms with Gasteiger partial charge < -0.3 is 10.5 Å². The summed E-state index contributed by atoms with van der Waals surface area (Å²) in [5.74, 6) is -0.371. The molecule has 0 bridgehead atoms. The zero-order valence-electron chi connectivity index (χ0n) is 9.38. The Morgan fingerprint density at radius 1 is 1.24 bits per heavy atom. The smallest absolute Gasteiger partial charge is 0.337 e. The molecular weight excluding hydrogens is 216 g/mol. The van der Waals surface area contributed by atoms with Gasteiger partial charge in [-0.25, -0.2) is 4.79 Å². The fourth-order valence-corrected chi connectivity index (χ4v) is 1.49. The molecule has 1 aromatic heterocycles. The lowest BCUT2D eigenvalue weighted by atomic mass is 10.1. The highest BCUT2D eigenvalue weighted by molar-refractivity contribution is 5.90. The van der Waals surface area contributed by atoms with E-state index >= 15 is 0 Å². The molecule has 17 heavy (non-hydrogen) atoms. The molecule has 1 heterocycles. The van der Waals surface area contributed by atoms with Crippen molar-refractivity contribution in [2.75, 3.05) is 12.8 Å². The van der Waals surface area contributed by atoms with Gasteiger partial charge in [0.15, 0.2) is 0 Å². The number of nitrogens with zero attached hydrogens (tertiary/aromatic N) is 1. The summed E-state index contributed by atoms with van der Waals surface area (Å²) < 4.78 is 4.66. The number of hydrogen-bond donors (Lipinski definition) is 1. The molecule has 86 valence electrons. The Hall–Kier alpha value is -2.36. The summed E-state index contributed by atoms with van der Waals surface area (Å²) >= 11 is 0. The minimum absolute atomic E-state index is 0.371. The van der Waals surface area contributed by atoms with Gasteiger partial charge in [0.1, 0.15) is 0 Å². The number of nitrogens with two attached hydrogens (primary N) is 1. The quantitative estimate of drug-likeness (QED) is 0.631. The number of anilines is 1. The first-order valence-corrected chi connectivity index (χ1v) is 5.11. The normalized spacial score (nSPS) is 9.94. The van der Waals surface area contributed by atoms with Gasteiger partial charge in [0.05, 0.1) is 18.4 Å². The highest BCUT2D eigenvalue weighted by atomic mass is 16.5. The zero-order chi connectivity index (χ0) is 12.3. The van der Waals surface area contributed by atoms with Gasteiger partial charge in [-0.15, -0.1) is 0 Å². The first-order valence-electron chi connectivity index (χ1n) is 5.11. The van der Waals surface area contributed by atoms with Crippen molar-refractivity contribution in [3.8, 4) is 11.3 Å². The maximum absolute atomic E-state index is 11.4. The second kappa shape index (κ2) is 4.65. The van der Waals surface area contributed by atoms with Crippen molar-refractivity contribution < 1.29 is 9.53 Å². The molecule has 2 aromatic rings. The lowest BCUT2D eigenvalue weighted by Gasteiger charge is -2.03. The van der Waals surface area contributed by atoms with Crippen molar-refractivity contribution in [1.82, 2.24) is 4.98 Å². The van der Waals surface area contributed by atoms with Crippen LogP contribution in [-0.4, -0.2) is 18.1 Å². The summed E-state index contributed by atoms with van der Waals surface area (Å²) in [5, 5.41) is 0. The van der Waals surface area contributed by atoms with Gasteiger partial charge >= 0.3 is 5.97 Å². The number of methoxy groups -OCH3 is 1. The van der Waals surface area contributed by atoms with Crippen molar-refractivity contribution in [3.05, 3.63) is 48.2 Å². The van der Waals surface area contributed by atoms with Gasteiger partial charge in [0.25, 0.3) is 0 Å². The van der Waals surface area contributed by atoms with Crippen LogP contribution in [0.3, 0.4) is 0 Å². The summed E-state index contributed by atoms with van der Waals surface area (Å²) in [6, 6.07) is 10.6. The molecule has 2 N–H and O–H groups in total. The fraction of sp³-hybridized carbons (Fsp3) is 0.0769. The Labute approximate surface area is 99.1 Å². The standard InChI is InChI=1S/C13H12N2O2/c1-17-13(16)10-6-7-15-12(8-10)9-2-4-11(14)5-3-9/h2-8H,14H2,1H3. The number of carbonyl (C=O) groups is 1. The van der Waals surface area contributed by atoms with Crippen molar-refractivity contribution in [1.29, 1.82) is 0 Å². The van der Waals surface area contributed by atoms with E-state index in [1.165, 1.54) is 7.11 Å². The molecule has 0 atom stereocenters. The highest BCUT2D eigenvalue weighted by Crippen LogP contribution is 2.19. The van der Waals surface area contributed by atoms with Gasteiger partial charge in [-0.1, -0.05) is 12.1 Å². The first-order chi connectivity index (χ1) is 8.20. The Kier molecular flexibility index (Phi) is 3.05. The minimum atomic E-state index is -0.371. The van der Waals surface area contributed by atoms with E-state index in [-0.39, 0.29) is 5.97 Å². The first kappa shape index (κ1) is 11.1. The maximum Gasteiger partial charge on any atom is 0.337 e. The van der Waals surface area contributed by atoms with E-state index in [0.29, 0.717) is 16.9 Å². The summed E-state index contributed by atoms with van der Waals surface area (Å²) in [6.07, 6.45) is 1.58. The second-order valence-electron chi connectivity index (χ2n) is 3.54. The Bertz CT molecular complexity index is 535. The van der Waals surface area contributed by atoms with Crippen LogP contribution in [-0.2, 0) is 4.74 Å². The number of ether oxygens (including phenoxy) is 1. The molecule has 1 aromatic carbocycles. The number of carbonyl (C=O) groups excluding carboxylic acids is 1. The lowest BCUT2D eigenvalue weighted by Crippen LogP contribution is -2.01. The van der Waals surface area contributed by atoms with Crippen LogP contribution in [0, 0.1) is 0 Å². The van der Waals surface area contributed by atoms with Crippen LogP contribution < -0.4 is 5.73 Å². The molecule has 0 radical (unpaired) electrons. The van der Waals surface area contributed by atoms with Gasteiger partial charge in [0.2, 0.25) is 0 Å². The fourth-order valence-electron chi connectivity index (χ4n) is 1.49. The molecular formula is C13H12N2O2. The molecule has 0 spiro atoms. The molecule has 4 heteroatoms. The Morgan fingerprint density at radius 3 is 2.59 bits per heavy atom. The predicted octanol–water partition coefficient (Wildman–Crippen LogP) is 2.12. The van der Waals surface area contributed by atoms with Gasteiger partial charge in [-0.3, -0.25) is 4.98 Å². The molecule has 0 fully saturated rings. The second-order valence-corrected chi connectivity index (χ2v) is 3.54. The van der Waals surface area contributed by atoms with Crippen LogP contribution in [0.15, 0.2) is 42.6 Å². The van der Waals surface area contributed by atoms with E-state index in [9.17, 15) is 4.79 Å². The van der Waals surface area contributed by atoms with E-state index in [0.717, 1.165) is 5.56 Å². The zero-order valence-corrected chi connectivity index (χ0v) is 9.38. The minimum Gasteiger partial charge on any atom is -0.465 e. The average Bonchev–Trinajstić information content (AvgIpc) is 2.39. The molecule has 0 aliphatic heterocycles. The molecule has 0 saturated carbocycles. The Morgan fingerprint density at radius 2 is 1.94 bits per heavy atom. The molecule has 4 nitrogen and oxygen atoms in total. The molecule has 0 aliphatic rings. The van der Waals surface area contributed by atoms with Crippen molar-refractivity contribution in [3.63, 3.8) is 0 Å². The molecule has 0 aliphatic carbocycles. The third kappa shape index (κ3) is 2.42. The summed E-state index contributed by atoms with van der Waals surface area (Å²) in [6.45, 7) is 0. The number of hydrogen-bond acceptors (Lipinski definition) is 4. The number of nitrogen functional groups attached to an aromatic ring is 1. The van der Waals surface area contributed by atoms with E-state index in [4.69, 9.17) is 5.73 Å². The van der Waals surface area contributed by atoms with E-state index in [1.807, 2.05) is 12.1 Å². The van der Waals surface area contributed by atoms with Gasteiger partial charge in [-0.05, 0) is 24.3 Å². The van der Waals surface area contributed by atoms with Gasteiger partial charge in [0, 0.05) is 17.4 Å². The van der Waals surface area contributed by atoms with Crippen molar-refractivity contribution in [2.45, 2.75) is 0 Å². The maximum atomic E-state index is 11.4. The number of benzene rings is 1. The summed E-state index contributed by atoms with van der Waals surface area (Å²) in [7, 11) is 1.35. The van der Waals surface area contributed by atoms with E-state index in [2.05, 4.69) is 9.72 Å². The summed E-state index contributed by atoms with van der Waals surface area (Å²) in [5.41, 5.74) is 8.41. The van der Waals surface area contributed by atoms with Crippen molar-refractivity contribution in [2.24, 2.45) is 0 Å². The van der Waals surface area contributed by atoms with Crippen LogP contribution in [0.5, 0.6) is 0 Å². The van der Waals surface area contributed by atoms with Crippen LogP contribution in [0.4, 0.5) is 5.69 Å². The van der Waals surface area contributed by atoms with Crippen molar-refractivity contribution >= 4 is 11.7 Å². The van der Waals surface area contributed by atoms with E-state index < -0.39 is 0 Å². The monoisotopic (exact) mass is 228 g/mol. The largest absolute Gasteiger partial charge is 0.465 e. The topological polar surface area (TPSA) is 65.2 Å². The molecule has 0 saturated heterocycles. The van der Waals surface area contributed by atoms with E-state index in [1.54, 1.807) is 30.5 Å². The average molecular weight is 228 g/mol. The van der Waals surface area contributed by atoms with Crippen LogP contribution in [0.25, 0.3) is 11.3 Å². The van der Waals surface area contributed by atoms with Crippen LogP contribution in [0.2, 0.25) is 0 Å². The molecule has 2 rings (SSSR count). The van der Waals surface area contributed by atoms with Gasteiger partial charge in [-0.2, -0.15) is 0 Å². The van der Waals surface area contributed by atoms with Crippen LogP contribution >= 0.6 is 0 Å². The molecule has 0 unspecified atom stereocenters. The molecule has 0 amide bonds. The number of rotatable bonds is 2.